The third kappa shape index (κ3) is 6.80. The second-order valence-corrected chi connectivity index (χ2v) is 7.38. The van der Waals surface area contributed by atoms with E-state index in [1.54, 1.807) is 18.4 Å². The predicted octanol–water partition coefficient (Wildman–Crippen LogP) is 1.37. The fourth-order valence-electron chi connectivity index (χ4n) is 2.88. The van der Waals surface area contributed by atoms with Crippen LogP contribution < -0.4 is 15.5 Å². The number of aliphatic imine (C=N–C) groups is 1. The molecule has 0 aliphatic carbocycles. The average molecular weight is 369 g/mol. The van der Waals surface area contributed by atoms with Gasteiger partial charge in [0.25, 0.3) is 0 Å². The maximum atomic E-state index is 5.13. The number of likely N-dealkylation sites (tertiary alicyclic amines) is 1. The number of guanidine groups is 1. The normalized spacial score (nSPS) is 16.9. The fraction of sp³-hybridized carbons (Fsp3) is 0.765. The van der Waals surface area contributed by atoms with E-state index >= 15 is 0 Å². The molecule has 0 unspecified atom stereocenters. The highest BCUT2D eigenvalue weighted by Crippen LogP contribution is 2.17. The molecular formula is C17H32N6OS. The molecule has 1 aliphatic heterocycles. The van der Waals surface area contributed by atoms with Gasteiger partial charge in [0.05, 0.1) is 12.2 Å². The second kappa shape index (κ2) is 10.6. The van der Waals surface area contributed by atoms with Crippen LogP contribution in [0.5, 0.6) is 0 Å². The van der Waals surface area contributed by atoms with Crippen molar-refractivity contribution < 1.29 is 4.74 Å². The van der Waals surface area contributed by atoms with Crippen molar-refractivity contribution in [2.24, 2.45) is 4.99 Å². The van der Waals surface area contributed by atoms with Crippen LogP contribution in [0.3, 0.4) is 0 Å². The number of rotatable bonds is 8. The number of thiazole rings is 1. The summed E-state index contributed by atoms with van der Waals surface area (Å²) in [5.74, 6) is 0.859. The number of aromatic nitrogens is 1. The Morgan fingerprint density at radius 3 is 2.80 bits per heavy atom. The van der Waals surface area contributed by atoms with E-state index in [4.69, 9.17) is 4.74 Å². The van der Waals surface area contributed by atoms with Crippen LogP contribution in [0.25, 0.3) is 0 Å². The monoisotopic (exact) mass is 368 g/mol. The zero-order valence-electron chi connectivity index (χ0n) is 15.9. The number of ether oxygens (including phenoxy) is 1. The number of methoxy groups -OCH3 is 1. The van der Waals surface area contributed by atoms with Crippen LogP contribution in [0.15, 0.2) is 10.4 Å². The molecule has 0 bridgehead atoms. The van der Waals surface area contributed by atoms with E-state index in [1.807, 2.05) is 26.0 Å². The molecule has 0 aromatic carbocycles. The quantitative estimate of drug-likeness (QED) is 0.411. The number of hydrogen-bond acceptors (Lipinski definition) is 6. The molecule has 8 heteroatoms. The summed E-state index contributed by atoms with van der Waals surface area (Å²) in [6.07, 6.45) is 3.41. The van der Waals surface area contributed by atoms with Gasteiger partial charge in [-0.3, -0.25) is 4.99 Å². The molecule has 1 aliphatic rings. The van der Waals surface area contributed by atoms with Crippen LogP contribution >= 0.6 is 11.3 Å². The predicted molar refractivity (Wildman–Crippen MR) is 106 cm³/mol. The van der Waals surface area contributed by atoms with Crippen molar-refractivity contribution in [1.82, 2.24) is 20.5 Å². The summed E-state index contributed by atoms with van der Waals surface area (Å²) in [4.78, 5) is 13.5. The third-order valence-corrected chi connectivity index (χ3v) is 5.39. The number of nitrogens with one attached hydrogen (secondary N) is 2. The topological polar surface area (TPSA) is 65.0 Å². The van der Waals surface area contributed by atoms with E-state index in [9.17, 15) is 0 Å². The van der Waals surface area contributed by atoms with Crippen molar-refractivity contribution in [2.45, 2.75) is 31.8 Å². The van der Waals surface area contributed by atoms with Crippen LogP contribution in [0.4, 0.5) is 5.13 Å². The molecule has 142 valence electrons. The molecule has 1 saturated heterocycles. The third-order valence-electron chi connectivity index (χ3n) is 4.33. The van der Waals surface area contributed by atoms with E-state index in [0.717, 1.165) is 62.3 Å². The van der Waals surface area contributed by atoms with Crippen LogP contribution in [0.1, 0.15) is 25.0 Å². The SMILES string of the molecule is CN=C(NCc1csc(N(C)C)n1)NC1CCN(CCCOC)CC1. The van der Waals surface area contributed by atoms with Gasteiger partial charge < -0.3 is 25.2 Å². The Morgan fingerprint density at radius 2 is 2.20 bits per heavy atom. The molecule has 0 amide bonds. The smallest absolute Gasteiger partial charge is 0.191 e. The number of piperidine rings is 1. The molecule has 0 spiro atoms. The van der Waals surface area contributed by atoms with Gasteiger partial charge in [-0.1, -0.05) is 0 Å². The van der Waals surface area contributed by atoms with Crippen molar-refractivity contribution in [1.29, 1.82) is 0 Å². The minimum Gasteiger partial charge on any atom is -0.385 e. The first-order valence-corrected chi connectivity index (χ1v) is 9.80. The Bertz CT molecular complexity index is 525. The Hall–Kier alpha value is -1.38. The Kier molecular flexibility index (Phi) is 8.43. The molecule has 1 aromatic heterocycles. The molecule has 25 heavy (non-hydrogen) atoms. The largest absolute Gasteiger partial charge is 0.385 e. The van der Waals surface area contributed by atoms with Gasteiger partial charge in [0, 0.05) is 65.9 Å². The maximum absolute atomic E-state index is 5.13. The second-order valence-electron chi connectivity index (χ2n) is 6.55. The van der Waals surface area contributed by atoms with Crippen LogP contribution in [0.2, 0.25) is 0 Å². The standard InChI is InChI=1S/C17H32N6OS/c1-18-16(19-12-15-13-25-17(21-15)22(2)3)20-14-6-9-23(10-7-14)8-5-11-24-4/h13-14H,5-12H2,1-4H3,(H2,18,19,20). The first-order valence-electron chi connectivity index (χ1n) is 8.92. The molecule has 2 rings (SSSR count). The van der Waals surface area contributed by atoms with Gasteiger partial charge in [0.15, 0.2) is 11.1 Å². The molecule has 2 N–H and O–H groups in total. The number of hydrogen-bond donors (Lipinski definition) is 2. The molecule has 1 aromatic rings. The molecule has 0 atom stereocenters. The first kappa shape index (κ1) is 19.9. The van der Waals surface area contributed by atoms with E-state index in [1.165, 1.54) is 0 Å². The van der Waals surface area contributed by atoms with Crippen molar-refractivity contribution in [3.8, 4) is 0 Å². The zero-order chi connectivity index (χ0) is 18.1. The van der Waals surface area contributed by atoms with E-state index in [2.05, 4.69) is 30.9 Å². The molecule has 0 saturated carbocycles. The van der Waals surface area contributed by atoms with Crippen molar-refractivity contribution in [3.63, 3.8) is 0 Å². The molecular weight excluding hydrogens is 336 g/mol. The van der Waals surface area contributed by atoms with E-state index in [-0.39, 0.29) is 0 Å². The molecule has 1 fully saturated rings. The van der Waals surface area contributed by atoms with Gasteiger partial charge in [-0.2, -0.15) is 0 Å². The Morgan fingerprint density at radius 1 is 1.44 bits per heavy atom. The van der Waals surface area contributed by atoms with Crippen LogP contribution in [0, 0.1) is 0 Å². The summed E-state index contributed by atoms with van der Waals surface area (Å²) in [5, 5.41) is 10.0. The van der Waals surface area contributed by atoms with Gasteiger partial charge in [-0.15, -0.1) is 11.3 Å². The number of nitrogens with zero attached hydrogens (tertiary/aromatic N) is 4. The minimum atomic E-state index is 0.484. The summed E-state index contributed by atoms with van der Waals surface area (Å²) < 4.78 is 5.13. The summed E-state index contributed by atoms with van der Waals surface area (Å²) >= 11 is 1.66. The number of anilines is 1. The highest BCUT2D eigenvalue weighted by molar-refractivity contribution is 7.13. The van der Waals surface area contributed by atoms with E-state index in [0.29, 0.717) is 12.6 Å². The molecule has 2 heterocycles. The highest BCUT2D eigenvalue weighted by atomic mass is 32.1. The van der Waals surface area contributed by atoms with Crippen LogP contribution in [-0.4, -0.2) is 76.4 Å². The van der Waals surface area contributed by atoms with Crippen LogP contribution in [-0.2, 0) is 11.3 Å². The van der Waals surface area contributed by atoms with Gasteiger partial charge in [0.2, 0.25) is 0 Å². The first-order chi connectivity index (χ1) is 12.1. The summed E-state index contributed by atoms with van der Waals surface area (Å²) in [5.41, 5.74) is 1.05. The lowest BCUT2D eigenvalue weighted by molar-refractivity contribution is 0.155. The highest BCUT2D eigenvalue weighted by Gasteiger charge is 2.19. The average Bonchev–Trinajstić information content (AvgIpc) is 3.09. The Balaban J connectivity index is 1.70. The minimum absolute atomic E-state index is 0.484. The lowest BCUT2D eigenvalue weighted by Crippen LogP contribution is -2.48. The van der Waals surface area contributed by atoms with E-state index < -0.39 is 0 Å². The van der Waals surface area contributed by atoms with Crippen molar-refractivity contribution >= 4 is 22.4 Å². The van der Waals surface area contributed by atoms with Crippen molar-refractivity contribution in [3.05, 3.63) is 11.1 Å². The Labute approximate surface area is 155 Å². The fourth-order valence-corrected chi connectivity index (χ4v) is 3.64. The molecule has 7 nitrogen and oxygen atoms in total. The summed E-state index contributed by atoms with van der Waals surface area (Å²) in [6, 6.07) is 0.484. The van der Waals surface area contributed by atoms with Crippen molar-refractivity contribution in [2.75, 3.05) is 59.4 Å². The summed E-state index contributed by atoms with van der Waals surface area (Å²) in [7, 11) is 7.61. The van der Waals surface area contributed by atoms with Gasteiger partial charge in [-0.25, -0.2) is 4.98 Å². The maximum Gasteiger partial charge on any atom is 0.191 e. The summed E-state index contributed by atoms with van der Waals surface area (Å²) in [6.45, 7) is 4.94. The van der Waals surface area contributed by atoms with Gasteiger partial charge in [-0.05, 0) is 19.3 Å². The van der Waals surface area contributed by atoms with Gasteiger partial charge >= 0.3 is 0 Å². The zero-order valence-corrected chi connectivity index (χ0v) is 16.7. The lowest BCUT2D eigenvalue weighted by Gasteiger charge is -2.33. The van der Waals surface area contributed by atoms with Gasteiger partial charge in [0.1, 0.15) is 0 Å². The lowest BCUT2D eigenvalue weighted by atomic mass is 10.1. The molecule has 0 radical (unpaired) electrons.